The Labute approximate surface area is 89.1 Å². The van der Waals surface area contributed by atoms with Crippen LogP contribution in [0.25, 0.3) is 0 Å². The molecule has 0 saturated heterocycles. The van der Waals surface area contributed by atoms with Gasteiger partial charge in [0, 0.05) is 5.54 Å². The molecule has 0 aliphatic heterocycles. The van der Waals surface area contributed by atoms with E-state index in [2.05, 4.69) is 39.9 Å². The fourth-order valence-electron chi connectivity index (χ4n) is 2.01. The van der Waals surface area contributed by atoms with E-state index in [0.29, 0.717) is 5.41 Å². The molecule has 0 aliphatic rings. The quantitative estimate of drug-likeness (QED) is 0.716. The molecule has 0 bridgehead atoms. The molecule has 0 amide bonds. The van der Waals surface area contributed by atoms with Crippen LogP contribution in [0.1, 0.15) is 54.4 Å². The van der Waals surface area contributed by atoms with E-state index in [0.717, 1.165) is 19.4 Å². The molecule has 0 rings (SSSR count). The molecule has 0 spiro atoms. The third-order valence-corrected chi connectivity index (χ3v) is 2.14. The van der Waals surface area contributed by atoms with Crippen LogP contribution in [-0.4, -0.2) is 23.3 Å². The van der Waals surface area contributed by atoms with Gasteiger partial charge in [-0.25, -0.2) is 0 Å². The van der Waals surface area contributed by atoms with Gasteiger partial charge in [0.25, 0.3) is 0 Å². The van der Waals surface area contributed by atoms with E-state index in [-0.39, 0.29) is 11.6 Å². The minimum absolute atomic E-state index is 0.160. The average molecular weight is 201 g/mol. The first kappa shape index (κ1) is 13.9. The van der Waals surface area contributed by atoms with Crippen LogP contribution in [0, 0.1) is 5.41 Å². The van der Waals surface area contributed by atoms with Crippen LogP contribution >= 0.6 is 0 Å². The van der Waals surface area contributed by atoms with E-state index >= 15 is 0 Å². The number of hydrogen-bond acceptors (Lipinski definition) is 2. The maximum atomic E-state index is 9.14. The van der Waals surface area contributed by atoms with Gasteiger partial charge in [0.05, 0.1) is 6.10 Å². The van der Waals surface area contributed by atoms with Gasteiger partial charge in [-0.15, -0.1) is 0 Å². The molecule has 0 aromatic carbocycles. The molecule has 0 aromatic rings. The lowest BCUT2D eigenvalue weighted by molar-refractivity contribution is 0.173. The first-order valence-electron chi connectivity index (χ1n) is 5.55. The highest BCUT2D eigenvalue weighted by Crippen LogP contribution is 2.26. The summed E-state index contributed by atoms with van der Waals surface area (Å²) in [5.74, 6) is 0. The van der Waals surface area contributed by atoms with E-state index in [1.165, 1.54) is 0 Å². The number of aliphatic hydroxyl groups excluding tert-OH is 1. The summed E-state index contributed by atoms with van der Waals surface area (Å²) < 4.78 is 0. The van der Waals surface area contributed by atoms with Crippen molar-refractivity contribution in [3.05, 3.63) is 0 Å². The molecule has 0 heterocycles. The Morgan fingerprint density at radius 1 is 1.14 bits per heavy atom. The summed E-state index contributed by atoms with van der Waals surface area (Å²) in [6.07, 6.45) is 1.76. The van der Waals surface area contributed by atoms with Crippen LogP contribution in [0.3, 0.4) is 0 Å². The lowest BCUT2D eigenvalue weighted by Crippen LogP contribution is -2.43. The molecule has 0 fully saturated rings. The van der Waals surface area contributed by atoms with Crippen molar-refractivity contribution in [3.63, 3.8) is 0 Å². The van der Waals surface area contributed by atoms with Gasteiger partial charge >= 0.3 is 0 Å². The summed E-state index contributed by atoms with van der Waals surface area (Å²) in [6.45, 7) is 13.9. The van der Waals surface area contributed by atoms with Crippen molar-refractivity contribution in [2.45, 2.75) is 66.0 Å². The molecule has 0 aromatic heterocycles. The second-order valence-corrected chi connectivity index (χ2v) is 6.19. The van der Waals surface area contributed by atoms with Crippen LogP contribution in [0.4, 0.5) is 0 Å². The highest BCUT2D eigenvalue weighted by Gasteiger charge is 2.24. The third-order valence-electron chi connectivity index (χ3n) is 2.14. The topological polar surface area (TPSA) is 32.3 Å². The molecule has 1 unspecified atom stereocenters. The normalized spacial score (nSPS) is 15.6. The van der Waals surface area contributed by atoms with Crippen LogP contribution < -0.4 is 5.32 Å². The van der Waals surface area contributed by atoms with Crippen molar-refractivity contribution in [2.24, 2.45) is 5.41 Å². The second kappa shape index (κ2) is 5.13. The van der Waals surface area contributed by atoms with Gasteiger partial charge in [-0.3, -0.25) is 0 Å². The summed E-state index contributed by atoms with van der Waals surface area (Å²) >= 11 is 0. The first-order chi connectivity index (χ1) is 6.12. The summed E-state index contributed by atoms with van der Waals surface area (Å²) in [4.78, 5) is 0. The van der Waals surface area contributed by atoms with Gasteiger partial charge in [-0.05, 0) is 45.6 Å². The van der Waals surface area contributed by atoms with E-state index in [4.69, 9.17) is 5.11 Å². The molecule has 14 heavy (non-hydrogen) atoms. The molecule has 0 radical (unpaired) electrons. The molecular formula is C12H27NO. The monoisotopic (exact) mass is 201 g/mol. The molecule has 1 atom stereocenters. The van der Waals surface area contributed by atoms with Crippen molar-refractivity contribution in [1.29, 1.82) is 0 Å². The van der Waals surface area contributed by atoms with Gasteiger partial charge < -0.3 is 10.4 Å². The fraction of sp³-hybridized carbons (Fsp3) is 1.00. The van der Waals surface area contributed by atoms with Crippen molar-refractivity contribution in [2.75, 3.05) is 6.54 Å². The third kappa shape index (κ3) is 8.52. The Morgan fingerprint density at radius 3 is 2.00 bits per heavy atom. The van der Waals surface area contributed by atoms with E-state index in [1.54, 1.807) is 0 Å². The standard InChI is InChI=1S/C12H27NO/c1-10(14)7-8-13-12(5,6)9-11(2,3)4/h10,13-14H,7-9H2,1-6H3. The lowest BCUT2D eigenvalue weighted by atomic mass is 9.82. The number of hydrogen-bond donors (Lipinski definition) is 2. The maximum absolute atomic E-state index is 9.14. The predicted octanol–water partition coefficient (Wildman–Crippen LogP) is 2.56. The SMILES string of the molecule is CC(O)CCNC(C)(C)CC(C)(C)C. The first-order valence-corrected chi connectivity index (χ1v) is 5.55. The van der Waals surface area contributed by atoms with Gasteiger partial charge in [0.15, 0.2) is 0 Å². The van der Waals surface area contributed by atoms with Crippen molar-refractivity contribution in [1.82, 2.24) is 5.32 Å². The van der Waals surface area contributed by atoms with Gasteiger partial charge in [0.2, 0.25) is 0 Å². The smallest absolute Gasteiger partial charge is 0.0524 e. The van der Waals surface area contributed by atoms with E-state index < -0.39 is 0 Å². The molecule has 2 nitrogen and oxygen atoms in total. The van der Waals surface area contributed by atoms with Crippen molar-refractivity contribution < 1.29 is 5.11 Å². The second-order valence-electron chi connectivity index (χ2n) is 6.19. The number of aliphatic hydroxyl groups is 1. The van der Waals surface area contributed by atoms with Crippen LogP contribution in [-0.2, 0) is 0 Å². The van der Waals surface area contributed by atoms with Crippen molar-refractivity contribution in [3.8, 4) is 0 Å². The number of nitrogens with one attached hydrogen (secondary N) is 1. The molecule has 2 N–H and O–H groups in total. The molecule has 2 heteroatoms. The van der Waals surface area contributed by atoms with Crippen LogP contribution in [0.15, 0.2) is 0 Å². The van der Waals surface area contributed by atoms with E-state index in [9.17, 15) is 0 Å². The Bertz CT molecular complexity index is 156. The summed E-state index contributed by atoms with van der Waals surface area (Å²) in [7, 11) is 0. The summed E-state index contributed by atoms with van der Waals surface area (Å²) in [6, 6.07) is 0. The fourth-order valence-corrected chi connectivity index (χ4v) is 2.01. The predicted molar refractivity (Wildman–Crippen MR) is 62.5 cm³/mol. The Balaban J connectivity index is 3.84. The Hall–Kier alpha value is -0.0800. The largest absolute Gasteiger partial charge is 0.393 e. The minimum atomic E-state index is -0.201. The zero-order chi connectivity index (χ0) is 11.4. The van der Waals surface area contributed by atoms with Gasteiger partial charge in [-0.1, -0.05) is 20.8 Å². The molecule has 86 valence electrons. The molecular weight excluding hydrogens is 174 g/mol. The van der Waals surface area contributed by atoms with Gasteiger partial charge in [-0.2, -0.15) is 0 Å². The molecule has 0 saturated carbocycles. The minimum Gasteiger partial charge on any atom is -0.393 e. The zero-order valence-electron chi connectivity index (χ0n) is 10.6. The lowest BCUT2D eigenvalue weighted by Gasteiger charge is -2.33. The van der Waals surface area contributed by atoms with Crippen LogP contribution in [0.5, 0.6) is 0 Å². The number of rotatable bonds is 5. The summed E-state index contributed by atoms with van der Waals surface area (Å²) in [5.41, 5.74) is 0.508. The van der Waals surface area contributed by atoms with E-state index in [1.807, 2.05) is 6.92 Å². The Kier molecular flexibility index (Phi) is 5.10. The highest BCUT2D eigenvalue weighted by molar-refractivity contribution is 4.83. The molecule has 0 aliphatic carbocycles. The van der Waals surface area contributed by atoms with Gasteiger partial charge in [0.1, 0.15) is 0 Å². The summed E-state index contributed by atoms with van der Waals surface area (Å²) in [5, 5.41) is 12.6. The average Bonchev–Trinajstić information content (AvgIpc) is 1.78. The Morgan fingerprint density at radius 2 is 1.64 bits per heavy atom. The zero-order valence-corrected chi connectivity index (χ0v) is 10.6. The maximum Gasteiger partial charge on any atom is 0.0524 e. The highest BCUT2D eigenvalue weighted by atomic mass is 16.3. The van der Waals surface area contributed by atoms with Crippen molar-refractivity contribution >= 4 is 0 Å². The van der Waals surface area contributed by atoms with Crippen LogP contribution in [0.2, 0.25) is 0 Å².